The van der Waals surface area contributed by atoms with Crippen LogP contribution in [0.2, 0.25) is 0 Å². The number of carbonyl (C=O) groups is 1. The van der Waals surface area contributed by atoms with Crippen molar-refractivity contribution in [2.24, 2.45) is 16.3 Å². The maximum absolute atomic E-state index is 12.0. The first-order chi connectivity index (χ1) is 8.92. The highest BCUT2D eigenvalue weighted by molar-refractivity contribution is 5.97. The Kier molecular flexibility index (Phi) is 4.74. The number of para-hydroxylation sites is 1. The summed E-state index contributed by atoms with van der Waals surface area (Å²) < 4.78 is 5.12. The molecule has 0 saturated carbocycles. The molecule has 104 valence electrons. The smallest absolute Gasteiger partial charge is 0.255 e. The number of nitrogens with one attached hydrogen (secondary N) is 1. The standard InChI is InChI=1S/C13H19N3O3/c1-13(2,12(14)16-18)8-15-11(17)9-6-4-5-7-10(9)19-3/h4-7,18H,8H2,1-3H3,(H2,14,16)(H,15,17). The molecule has 0 fully saturated rings. The van der Waals surface area contributed by atoms with Gasteiger partial charge in [-0.25, -0.2) is 0 Å². The van der Waals surface area contributed by atoms with Crippen molar-refractivity contribution in [2.45, 2.75) is 13.8 Å². The molecule has 0 aromatic heterocycles. The summed E-state index contributed by atoms with van der Waals surface area (Å²) in [4.78, 5) is 12.0. The van der Waals surface area contributed by atoms with Crippen molar-refractivity contribution in [2.75, 3.05) is 13.7 Å². The zero-order chi connectivity index (χ0) is 14.5. The average Bonchev–Trinajstić information content (AvgIpc) is 2.43. The minimum atomic E-state index is -0.633. The number of nitrogens with zero attached hydrogens (tertiary/aromatic N) is 1. The maximum atomic E-state index is 12.0. The van der Waals surface area contributed by atoms with Crippen LogP contribution >= 0.6 is 0 Å². The van der Waals surface area contributed by atoms with E-state index in [1.54, 1.807) is 38.1 Å². The molecule has 0 aliphatic rings. The molecule has 19 heavy (non-hydrogen) atoms. The lowest BCUT2D eigenvalue weighted by Gasteiger charge is -2.23. The second-order valence-electron chi connectivity index (χ2n) is 4.75. The second-order valence-corrected chi connectivity index (χ2v) is 4.75. The topological polar surface area (TPSA) is 96.9 Å². The van der Waals surface area contributed by atoms with Crippen molar-refractivity contribution in [3.63, 3.8) is 0 Å². The number of rotatable bonds is 5. The van der Waals surface area contributed by atoms with Gasteiger partial charge in [0.25, 0.3) is 5.91 Å². The van der Waals surface area contributed by atoms with Gasteiger partial charge >= 0.3 is 0 Å². The van der Waals surface area contributed by atoms with Crippen LogP contribution in [0.1, 0.15) is 24.2 Å². The number of amidine groups is 1. The van der Waals surface area contributed by atoms with Crippen LogP contribution < -0.4 is 15.8 Å². The Morgan fingerprint density at radius 2 is 2.11 bits per heavy atom. The zero-order valence-corrected chi connectivity index (χ0v) is 11.3. The molecule has 1 aromatic carbocycles. The summed E-state index contributed by atoms with van der Waals surface area (Å²) >= 11 is 0. The Hall–Kier alpha value is -2.24. The Morgan fingerprint density at radius 1 is 1.47 bits per heavy atom. The normalized spacial score (nSPS) is 12.1. The van der Waals surface area contributed by atoms with Gasteiger partial charge in [0.2, 0.25) is 0 Å². The molecule has 0 atom stereocenters. The number of benzene rings is 1. The van der Waals surface area contributed by atoms with Crippen molar-refractivity contribution in [1.82, 2.24) is 5.32 Å². The lowest BCUT2D eigenvalue weighted by molar-refractivity contribution is 0.0941. The van der Waals surface area contributed by atoms with Gasteiger partial charge in [-0.15, -0.1) is 0 Å². The SMILES string of the molecule is COc1ccccc1C(=O)NCC(C)(C)/C(N)=N/O. The summed E-state index contributed by atoms with van der Waals surface area (Å²) in [5.74, 6) is 0.297. The van der Waals surface area contributed by atoms with E-state index in [0.717, 1.165) is 0 Å². The van der Waals surface area contributed by atoms with Crippen molar-refractivity contribution in [3.05, 3.63) is 29.8 Å². The lowest BCUT2D eigenvalue weighted by Crippen LogP contribution is -2.42. The molecular formula is C13H19N3O3. The number of ether oxygens (including phenoxy) is 1. The molecule has 0 aliphatic heterocycles. The van der Waals surface area contributed by atoms with Gasteiger partial charge in [0.15, 0.2) is 0 Å². The van der Waals surface area contributed by atoms with E-state index in [-0.39, 0.29) is 18.3 Å². The fourth-order valence-electron chi connectivity index (χ4n) is 1.45. The minimum absolute atomic E-state index is 0.0628. The summed E-state index contributed by atoms with van der Waals surface area (Å²) in [7, 11) is 1.51. The minimum Gasteiger partial charge on any atom is -0.496 e. The van der Waals surface area contributed by atoms with Gasteiger partial charge in [0.05, 0.1) is 12.7 Å². The van der Waals surface area contributed by atoms with E-state index in [4.69, 9.17) is 15.7 Å². The first-order valence-electron chi connectivity index (χ1n) is 5.81. The van der Waals surface area contributed by atoms with Crippen LogP contribution in [0, 0.1) is 5.41 Å². The van der Waals surface area contributed by atoms with Crippen molar-refractivity contribution >= 4 is 11.7 Å². The third-order valence-electron chi connectivity index (χ3n) is 2.84. The number of oxime groups is 1. The van der Waals surface area contributed by atoms with E-state index >= 15 is 0 Å². The Morgan fingerprint density at radius 3 is 2.68 bits per heavy atom. The molecule has 4 N–H and O–H groups in total. The van der Waals surface area contributed by atoms with Gasteiger partial charge in [-0.05, 0) is 12.1 Å². The van der Waals surface area contributed by atoms with Gasteiger partial charge in [0, 0.05) is 12.0 Å². The summed E-state index contributed by atoms with van der Waals surface area (Å²) in [6, 6.07) is 6.93. The first-order valence-corrected chi connectivity index (χ1v) is 5.81. The lowest BCUT2D eigenvalue weighted by atomic mass is 9.92. The molecule has 6 nitrogen and oxygen atoms in total. The highest BCUT2D eigenvalue weighted by Gasteiger charge is 2.25. The fraction of sp³-hybridized carbons (Fsp3) is 0.385. The van der Waals surface area contributed by atoms with E-state index in [1.807, 2.05) is 0 Å². The van der Waals surface area contributed by atoms with Gasteiger partial charge < -0.3 is 21.0 Å². The van der Waals surface area contributed by atoms with E-state index in [2.05, 4.69) is 10.5 Å². The number of amides is 1. The largest absolute Gasteiger partial charge is 0.496 e. The molecule has 1 aromatic rings. The van der Waals surface area contributed by atoms with Crippen molar-refractivity contribution < 1.29 is 14.7 Å². The molecule has 0 spiro atoms. The van der Waals surface area contributed by atoms with Gasteiger partial charge in [-0.3, -0.25) is 4.79 Å². The Bertz CT molecular complexity index is 484. The van der Waals surface area contributed by atoms with Crippen LogP contribution in [-0.4, -0.2) is 30.6 Å². The van der Waals surface area contributed by atoms with Crippen LogP contribution in [0.5, 0.6) is 5.75 Å². The van der Waals surface area contributed by atoms with E-state index in [0.29, 0.717) is 11.3 Å². The molecule has 0 heterocycles. The van der Waals surface area contributed by atoms with E-state index in [9.17, 15) is 4.79 Å². The van der Waals surface area contributed by atoms with Crippen LogP contribution in [0.25, 0.3) is 0 Å². The molecule has 0 saturated heterocycles. The van der Waals surface area contributed by atoms with Crippen LogP contribution in [0.4, 0.5) is 0 Å². The van der Waals surface area contributed by atoms with Crippen LogP contribution in [0.15, 0.2) is 29.4 Å². The fourth-order valence-corrected chi connectivity index (χ4v) is 1.45. The monoisotopic (exact) mass is 265 g/mol. The predicted molar refractivity (Wildman–Crippen MR) is 72.5 cm³/mol. The number of nitrogens with two attached hydrogens (primary N) is 1. The zero-order valence-electron chi connectivity index (χ0n) is 11.3. The summed E-state index contributed by atoms with van der Waals surface area (Å²) in [5, 5.41) is 14.4. The number of hydrogen-bond donors (Lipinski definition) is 3. The van der Waals surface area contributed by atoms with Crippen molar-refractivity contribution in [1.29, 1.82) is 0 Å². The third-order valence-corrected chi connectivity index (χ3v) is 2.84. The second kappa shape index (κ2) is 6.08. The van der Waals surface area contributed by atoms with Gasteiger partial charge in [-0.1, -0.05) is 31.1 Å². The number of hydrogen-bond acceptors (Lipinski definition) is 4. The molecule has 0 bridgehead atoms. The highest BCUT2D eigenvalue weighted by atomic mass is 16.5. The third kappa shape index (κ3) is 3.61. The molecule has 6 heteroatoms. The van der Waals surface area contributed by atoms with E-state index < -0.39 is 5.41 Å². The molecular weight excluding hydrogens is 246 g/mol. The average molecular weight is 265 g/mol. The summed E-state index contributed by atoms with van der Waals surface area (Å²) in [6.07, 6.45) is 0. The molecule has 0 unspecified atom stereocenters. The first kappa shape index (κ1) is 14.8. The Balaban J connectivity index is 2.76. The van der Waals surface area contributed by atoms with Crippen LogP contribution in [0.3, 0.4) is 0 Å². The predicted octanol–water partition coefficient (Wildman–Crippen LogP) is 1.20. The van der Waals surface area contributed by atoms with E-state index in [1.165, 1.54) is 7.11 Å². The maximum Gasteiger partial charge on any atom is 0.255 e. The van der Waals surface area contributed by atoms with Crippen molar-refractivity contribution in [3.8, 4) is 5.75 Å². The molecule has 0 radical (unpaired) electrons. The van der Waals surface area contributed by atoms with Crippen LogP contribution in [-0.2, 0) is 0 Å². The summed E-state index contributed by atoms with van der Waals surface area (Å²) in [6.45, 7) is 3.79. The molecule has 0 aliphatic carbocycles. The highest BCUT2D eigenvalue weighted by Crippen LogP contribution is 2.18. The quantitative estimate of drug-likeness (QED) is 0.322. The number of methoxy groups -OCH3 is 1. The van der Waals surface area contributed by atoms with Gasteiger partial charge in [0.1, 0.15) is 11.6 Å². The summed E-state index contributed by atoms with van der Waals surface area (Å²) in [5.41, 5.74) is 5.37. The number of carbonyl (C=O) groups excluding carboxylic acids is 1. The molecule has 1 amide bonds. The molecule has 1 rings (SSSR count). The van der Waals surface area contributed by atoms with Gasteiger partial charge in [-0.2, -0.15) is 0 Å². The Labute approximate surface area is 112 Å².